The van der Waals surface area contributed by atoms with Crippen LogP contribution in [-0.4, -0.2) is 9.78 Å². The Morgan fingerprint density at radius 3 is 2.85 bits per heavy atom. The first-order valence-corrected chi connectivity index (χ1v) is 4.74. The Hall–Kier alpha value is -1.30. The van der Waals surface area contributed by atoms with Crippen molar-refractivity contribution in [2.75, 3.05) is 0 Å². The highest BCUT2D eigenvalue weighted by molar-refractivity contribution is 5.38. The number of nitrogens with zero attached hydrogens (tertiary/aromatic N) is 3. The van der Waals surface area contributed by atoms with Crippen molar-refractivity contribution in [2.24, 2.45) is 0 Å². The highest BCUT2D eigenvalue weighted by Crippen LogP contribution is 2.26. The van der Waals surface area contributed by atoms with E-state index in [1.807, 2.05) is 4.68 Å². The molecule has 1 aromatic rings. The van der Waals surface area contributed by atoms with Gasteiger partial charge in [-0.05, 0) is 33.1 Å². The third-order valence-corrected chi connectivity index (χ3v) is 2.55. The molecule has 1 aliphatic carbocycles. The first-order chi connectivity index (χ1) is 6.24. The van der Waals surface area contributed by atoms with Crippen molar-refractivity contribution in [3.05, 3.63) is 17.0 Å². The smallest absolute Gasteiger partial charge is 0.165 e. The molecule has 3 heteroatoms. The topological polar surface area (TPSA) is 41.6 Å². The molecule has 0 radical (unpaired) electrons. The zero-order valence-corrected chi connectivity index (χ0v) is 8.04. The second kappa shape index (κ2) is 2.88. The summed E-state index contributed by atoms with van der Waals surface area (Å²) in [4.78, 5) is 0. The average Bonchev–Trinajstić information content (AvgIpc) is 2.61. The Balaban J connectivity index is 2.56. The predicted molar refractivity (Wildman–Crippen MR) is 49.4 cm³/mol. The SMILES string of the molecule is CC(C)n1nc(C#N)c2c1CCC2. The Kier molecular flexibility index (Phi) is 1.84. The molecular formula is C10H13N3. The van der Waals surface area contributed by atoms with Crippen LogP contribution in [0.3, 0.4) is 0 Å². The molecule has 0 aliphatic heterocycles. The van der Waals surface area contributed by atoms with Crippen molar-refractivity contribution in [3.8, 4) is 6.07 Å². The molecule has 1 aromatic heterocycles. The fourth-order valence-corrected chi connectivity index (χ4v) is 1.98. The van der Waals surface area contributed by atoms with E-state index >= 15 is 0 Å². The molecule has 0 aromatic carbocycles. The van der Waals surface area contributed by atoms with Crippen molar-refractivity contribution in [3.63, 3.8) is 0 Å². The van der Waals surface area contributed by atoms with Crippen molar-refractivity contribution in [1.29, 1.82) is 5.26 Å². The lowest BCUT2D eigenvalue weighted by molar-refractivity contribution is 0.509. The van der Waals surface area contributed by atoms with Crippen molar-refractivity contribution in [2.45, 2.75) is 39.2 Å². The van der Waals surface area contributed by atoms with Crippen molar-refractivity contribution >= 4 is 0 Å². The summed E-state index contributed by atoms with van der Waals surface area (Å²) in [5, 5.41) is 13.2. The number of fused-ring (bicyclic) bond motifs is 1. The third-order valence-electron chi connectivity index (χ3n) is 2.55. The molecule has 1 aliphatic rings. The number of rotatable bonds is 1. The van der Waals surface area contributed by atoms with Crippen LogP contribution < -0.4 is 0 Å². The average molecular weight is 175 g/mol. The molecule has 0 bridgehead atoms. The lowest BCUT2D eigenvalue weighted by Crippen LogP contribution is -2.06. The van der Waals surface area contributed by atoms with Gasteiger partial charge in [-0.25, -0.2) is 0 Å². The van der Waals surface area contributed by atoms with Gasteiger partial charge in [-0.3, -0.25) is 4.68 Å². The zero-order valence-electron chi connectivity index (χ0n) is 8.04. The van der Waals surface area contributed by atoms with Crippen LogP contribution in [0.15, 0.2) is 0 Å². The molecule has 2 rings (SSSR count). The van der Waals surface area contributed by atoms with Crippen LogP contribution >= 0.6 is 0 Å². The number of hydrogen-bond acceptors (Lipinski definition) is 2. The summed E-state index contributed by atoms with van der Waals surface area (Å²) in [6, 6.07) is 2.54. The molecule has 3 nitrogen and oxygen atoms in total. The van der Waals surface area contributed by atoms with Gasteiger partial charge in [0.2, 0.25) is 0 Å². The minimum atomic E-state index is 0.369. The Bertz CT molecular complexity index is 368. The van der Waals surface area contributed by atoms with Gasteiger partial charge in [-0.15, -0.1) is 0 Å². The van der Waals surface area contributed by atoms with Crippen LogP contribution in [0.25, 0.3) is 0 Å². The summed E-state index contributed by atoms with van der Waals surface area (Å²) >= 11 is 0. The first kappa shape index (κ1) is 8.31. The van der Waals surface area contributed by atoms with E-state index in [1.165, 1.54) is 17.7 Å². The number of aromatic nitrogens is 2. The molecule has 1 heterocycles. The van der Waals surface area contributed by atoms with Crippen molar-refractivity contribution in [1.82, 2.24) is 9.78 Å². The zero-order chi connectivity index (χ0) is 9.42. The molecule has 0 atom stereocenters. The fraction of sp³-hybridized carbons (Fsp3) is 0.600. The van der Waals surface area contributed by atoms with Crippen LogP contribution in [0, 0.1) is 11.3 Å². The highest BCUT2D eigenvalue weighted by atomic mass is 15.3. The van der Waals surface area contributed by atoms with Gasteiger partial charge < -0.3 is 0 Å². The number of nitriles is 1. The largest absolute Gasteiger partial charge is 0.265 e. The molecule has 13 heavy (non-hydrogen) atoms. The van der Waals surface area contributed by atoms with E-state index in [0.717, 1.165) is 12.8 Å². The monoisotopic (exact) mass is 175 g/mol. The van der Waals surface area contributed by atoms with E-state index in [0.29, 0.717) is 11.7 Å². The van der Waals surface area contributed by atoms with Crippen LogP contribution in [-0.2, 0) is 12.8 Å². The summed E-state index contributed by atoms with van der Waals surface area (Å²) in [7, 11) is 0. The molecule has 0 amide bonds. The Morgan fingerprint density at radius 2 is 2.23 bits per heavy atom. The van der Waals surface area contributed by atoms with Crippen molar-refractivity contribution < 1.29 is 0 Å². The lowest BCUT2D eigenvalue weighted by atomic mass is 10.2. The fourth-order valence-electron chi connectivity index (χ4n) is 1.98. The molecule has 0 saturated heterocycles. The Labute approximate surface area is 78.0 Å². The second-order valence-electron chi connectivity index (χ2n) is 3.78. The van der Waals surface area contributed by atoms with Crippen LogP contribution in [0.1, 0.15) is 43.3 Å². The second-order valence-corrected chi connectivity index (χ2v) is 3.78. The summed E-state index contributed by atoms with van der Waals surface area (Å²) in [5.41, 5.74) is 3.11. The standard InChI is InChI=1S/C10H13N3/c1-7(2)13-10-5-3-4-8(10)9(6-11)12-13/h7H,3-5H2,1-2H3. The van der Waals surface area contributed by atoms with Crippen LogP contribution in [0.5, 0.6) is 0 Å². The molecule has 0 saturated carbocycles. The summed E-state index contributed by atoms with van der Waals surface area (Å²) < 4.78 is 2.00. The molecule has 68 valence electrons. The molecule has 0 spiro atoms. The minimum absolute atomic E-state index is 0.369. The highest BCUT2D eigenvalue weighted by Gasteiger charge is 2.22. The van der Waals surface area contributed by atoms with Gasteiger partial charge >= 0.3 is 0 Å². The van der Waals surface area contributed by atoms with Gasteiger partial charge in [-0.2, -0.15) is 10.4 Å². The maximum atomic E-state index is 8.87. The maximum absolute atomic E-state index is 8.87. The summed E-state index contributed by atoms with van der Waals surface area (Å²) in [6.07, 6.45) is 3.29. The molecule has 0 fully saturated rings. The normalized spacial score (nSPS) is 14.6. The van der Waals surface area contributed by atoms with E-state index < -0.39 is 0 Å². The number of hydrogen-bond donors (Lipinski definition) is 0. The lowest BCUT2D eigenvalue weighted by Gasteiger charge is -2.08. The quantitative estimate of drug-likeness (QED) is 0.653. The van der Waals surface area contributed by atoms with Gasteiger partial charge in [0.15, 0.2) is 5.69 Å². The summed E-state index contributed by atoms with van der Waals surface area (Å²) in [5.74, 6) is 0. The van der Waals surface area contributed by atoms with E-state index in [-0.39, 0.29) is 0 Å². The van der Waals surface area contributed by atoms with Gasteiger partial charge in [0.1, 0.15) is 6.07 Å². The van der Waals surface area contributed by atoms with Gasteiger partial charge in [0.05, 0.1) is 0 Å². The molecular weight excluding hydrogens is 162 g/mol. The molecule has 0 N–H and O–H groups in total. The van der Waals surface area contributed by atoms with Gasteiger partial charge in [-0.1, -0.05) is 0 Å². The van der Waals surface area contributed by atoms with E-state index in [1.54, 1.807) is 0 Å². The van der Waals surface area contributed by atoms with Crippen LogP contribution in [0.2, 0.25) is 0 Å². The van der Waals surface area contributed by atoms with E-state index in [4.69, 9.17) is 5.26 Å². The maximum Gasteiger partial charge on any atom is 0.165 e. The first-order valence-electron chi connectivity index (χ1n) is 4.74. The molecule has 0 unspecified atom stereocenters. The van der Waals surface area contributed by atoms with E-state index in [9.17, 15) is 0 Å². The third kappa shape index (κ3) is 1.14. The van der Waals surface area contributed by atoms with Gasteiger partial charge in [0.25, 0.3) is 0 Å². The van der Waals surface area contributed by atoms with Gasteiger partial charge in [0, 0.05) is 17.3 Å². The van der Waals surface area contributed by atoms with Crippen LogP contribution in [0.4, 0.5) is 0 Å². The van der Waals surface area contributed by atoms with E-state index in [2.05, 4.69) is 25.0 Å². The predicted octanol–water partition coefficient (Wildman–Crippen LogP) is 1.82. The Morgan fingerprint density at radius 1 is 1.46 bits per heavy atom. The summed E-state index contributed by atoms with van der Waals surface area (Å²) in [6.45, 7) is 4.21. The minimum Gasteiger partial charge on any atom is -0.265 e.